The molecule has 44 heavy (non-hydrogen) atoms. The molecular formula is C38H66Br2N4+2. The van der Waals surface area contributed by atoms with Crippen molar-refractivity contribution in [2.45, 2.75) is 165 Å². The average molecular weight is 739 g/mol. The van der Waals surface area contributed by atoms with Gasteiger partial charge < -0.3 is 10.6 Å². The fourth-order valence-electron chi connectivity index (χ4n) is 5.75. The molecule has 4 nitrogen and oxygen atoms in total. The van der Waals surface area contributed by atoms with Gasteiger partial charge in [0.1, 0.15) is 0 Å². The van der Waals surface area contributed by atoms with Crippen LogP contribution in [0.15, 0.2) is 49.1 Å². The van der Waals surface area contributed by atoms with E-state index in [1.165, 1.54) is 153 Å². The minimum absolute atomic E-state index is 0.391. The number of anilines is 2. The van der Waals surface area contributed by atoms with Crippen LogP contribution >= 0.6 is 31.9 Å². The Hall–Kier alpha value is -1.14. The van der Waals surface area contributed by atoms with Gasteiger partial charge in [-0.1, -0.05) is 117 Å². The first-order valence-electron chi connectivity index (χ1n) is 18.4. The summed E-state index contributed by atoms with van der Waals surface area (Å²) in [4.78, 5) is 0.783. The zero-order valence-corrected chi connectivity index (χ0v) is 31.6. The molecule has 0 aliphatic carbocycles. The van der Waals surface area contributed by atoms with Crippen molar-refractivity contribution in [2.24, 2.45) is 0 Å². The van der Waals surface area contributed by atoms with Crippen LogP contribution in [0.2, 0.25) is 0 Å². The number of hydrogen-bond donors (Lipinski definition) is 2. The standard InChI is InChI=1S/C38H64Br2N4/c1-3-5-7-9-17-21-29-41-35-25-31-43(32-26-35)37(39)23-19-15-13-11-12-14-16-20-24-38(40)44-33-27-36(28-34-44)42-30-22-18-10-8-6-4-2/h25-28,31-34,37-38H,3-24,29-30H2,1-2H3/p+2. The maximum atomic E-state index is 3.90. The number of aromatic nitrogens is 2. The van der Waals surface area contributed by atoms with Gasteiger partial charge in [0.05, 0.1) is 0 Å². The lowest BCUT2D eigenvalue weighted by Gasteiger charge is -2.09. The number of alkyl halides is 2. The largest absolute Gasteiger partial charge is 0.385 e. The topological polar surface area (TPSA) is 31.8 Å². The molecule has 2 aromatic heterocycles. The van der Waals surface area contributed by atoms with Gasteiger partial charge in [-0.25, -0.2) is 0 Å². The summed E-state index contributed by atoms with van der Waals surface area (Å²) >= 11 is 7.81. The van der Waals surface area contributed by atoms with E-state index in [0.717, 1.165) is 13.1 Å². The van der Waals surface area contributed by atoms with Crippen molar-refractivity contribution in [3.63, 3.8) is 0 Å². The molecule has 2 rings (SSSR count). The summed E-state index contributed by atoms with van der Waals surface area (Å²) in [5.41, 5.74) is 2.47. The third kappa shape index (κ3) is 19.4. The summed E-state index contributed by atoms with van der Waals surface area (Å²) in [5, 5.41) is 7.16. The highest BCUT2D eigenvalue weighted by Gasteiger charge is 2.14. The van der Waals surface area contributed by atoms with Crippen molar-refractivity contribution >= 4 is 43.2 Å². The van der Waals surface area contributed by atoms with Crippen LogP contribution in [-0.4, -0.2) is 13.1 Å². The molecule has 0 saturated carbocycles. The second-order valence-corrected chi connectivity index (χ2v) is 14.8. The maximum absolute atomic E-state index is 3.90. The van der Waals surface area contributed by atoms with E-state index in [2.05, 4.69) is 115 Å². The number of halogens is 2. The Bertz CT molecular complexity index is 831. The monoisotopic (exact) mass is 736 g/mol. The van der Waals surface area contributed by atoms with Crippen LogP contribution in [0.25, 0.3) is 0 Å². The molecule has 2 aromatic rings. The Balaban J connectivity index is 1.42. The third-order valence-corrected chi connectivity index (χ3v) is 10.6. The Morgan fingerprint density at radius 3 is 1.09 bits per heavy atom. The first-order valence-corrected chi connectivity index (χ1v) is 20.2. The molecular weight excluding hydrogens is 672 g/mol. The fraction of sp³-hybridized carbons (Fsp3) is 0.737. The predicted molar refractivity (Wildman–Crippen MR) is 199 cm³/mol. The van der Waals surface area contributed by atoms with E-state index in [1.54, 1.807) is 0 Å². The molecule has 0 bridgehead atoms. The lowest BCUT2D eigenvalue weighted by atomic mass is 10.1. The van der Waals surface area contributed by atoms with Crippen LogP contribution in [-0.2, 0) is 0 Å². The molecule has 2 heterocycles. The van der Waals surface area contributed by atoms with Gasteiger partial charge in [-0.05, 0) is 57.5 Å². The summed E-state index contributed by atoms with van der Waals surface area (Å²) < 4.78 is 4.60. The van der Waals surface area contributed by atoms with Crippen LogP contribution in [0.3, 0.4) is 0 Å². The highest BCUT2D eigenvalue weighted by atomic mass is 79.9. The lowest BCUT2D eigenvalue weighted by Crippen LogP contribution is -2.35. The number of unbranched alkanes of at least 4 members (excludes halogenated alkanes) is 17. The Labute approximate surface area is 288 Å². The lowest BCUT2D eigenvalue weighted by molar-refractivity contribution is -0.698. The molecule has 0 spiro atoms. The molecule has 0 radical (unpaired) electrons. The van der Waals surface area contributed by atoms with Gasteiger partial charge in [0.2, 0.25) is 9.90 Å². The van der Waals surface area contributed by atoms with E-state index in [1.807, 2.05) is 0 Å². The maximum Gasteiger partial charge on any atom is 0.211 e. The molecule has 0 aliphatic heterocycles. The first-order chi connectivity index (χ1) is 21.6. The van der Waals surface area contributed by atoms with E-state index in [4.69, 9.17) is 0 Å². The SMILES string of the molecule is CCCCCCCCNc1cc[n+](C(Br)CCCCCCCCCCC(Br)[n+]2ccc(NCCCCCCCC)cc2)cc1. The highest BCUT2D eigenvalue weighted by Crippen LogP contribution is 2.20. The van der Waals surface area contributed by atoms with E-state index in [0.29, 0.717) is 9.90 Å². The number of rotatable bonds is 29. The second-order valence-electron chi connectivity index (χ2n) is 12.7. The van der Waals surface area contributed by atoms with Gasteiger partial charge in [-0.2, -0.15) is 9.13 Å². The molecule has 0 amide bonds. The quantitative estimate of drug-likeness (QED) is 0.0495. The zero-order valence-electron chi connectivity index (χ0n) is 28.4. The van der Waals surface area contributed by atoms with E-state index in [-0.39, 0.29) is 0 Å². The molecule has 0 fully saturated rings. The van der Waals surface area contributed by atoms with Crippen molar-refractivity contribution in [1.82, 2.24) is 0 Å². The average Bonchev–Trinajstić information content (AvgIpc) is 3.05. The number of nitrogens with one attached hydrogen (secondary N) is 2. The van der Waals surface area contributed by atoms with Gasteiger partial charge in [-0.15, -0.1) is 0 Å². The number of nitrogens with zero attached hydrogens (tertiary/aromatic N) is 2. The summed E-state index contributed by atoms with van der Waals surface area (Å²) in [6, 6.07) is 8.86. The normalized spacial score (nSPS) is 12.7. The molecule has 250 valence electrons. The van der Waals surface area contributed by atoms with E-state index in [9.17, 15) is 0 Å². The van der Waals surface area contributed by atoms with Crippen molar-refractivity contribution in [3.05, 3.63) is 49.1 Å². The van der Waals surface area contributed by atoms with Gasteiger partial charge in [0.15, 0.2) is 24.8 Å². The minimum Gasteiger partial charge on any atom is -0.385 e. The zero-order chi connectivity index (χ0) is 31.5. The number of pyridine rings is 2. The molecule has 2 atom stereocenters. The summed E-state index contributed by atoms with van der Waals surface area (Å²) in [6.45, 7) is 6.71. The van der Waals surface area contributed by atoms with Crippen molar-refractivity contribution in [2.75, 3.05) is 23.7 Å². The molecule has 0 aliphatic rings. The van der Waals surface area contributed by atoms with Crippen LogP contribution < -0.4 is 19.8 Å². The molecule has 0 aromatic carbocycles. The summed E-state index contributed by atoms with van der Waals surface area (Å²) in [5.74, 6) is 0. The Kier molecular flexibility index (Phi) is 24.0. The van der Waals surface area contributed by atoms with Crippen LogP contribution in [0.5, 0.6) is 0 Å². The fourth-order valence-corrected chi connectivity index (χ4v) is 6.94. The molecule has 0 saturated heterocycles. The van der Waals surface area contributed by atoms with Crippen LogP contribution in [0.4, 0.5) is 11.4 Å². The van der Waals surface area contributed by atoms with Crippen molar-refractivity contribution in [3.8, 4) is 0 Å². The van der Waals surface area contributed by atoms with Crippen LogP contribution in [0.1, 0.15) is 165 Å². The smallest absolute Gasteiger partial charge is 0.211 e. The van der Waals surface area contributed by atoms with Crippen molar-refractivity contribution < 1.29 is 9.13 Å². The molecule has 6 heteroatoms. The molecule has 2 N–H and O–H groups in total. The Morgan fingerprint density at radius 1 is 0.455 bits per heavy atom. The minimum atomic E-state index is 0.391. The van der Waals surface area contributed by atoms with Crippen molar-refractivity contribution in [1.29, 1.82) is 0 Å². The summed E-state index contributed by atoms with van der Waals surface area (Å²) in [7, 11) is 0. The molecule has 2 unspecified atom stereocenters. The Morgan fingerprint density at radius 2 is 0.750 bits per heavy atom. The second kappa shape index (κ2) is 27.0. The first kappa shape index (κ1) is 39.0. The highest BCUT2D eigenvalue weighted by molar-refractivity contribution is 9.09. The van der Waals surface area contributed by atoms with Gasteiger partial charge >= 0.3 is 0 Å². The van der Waals surface area contributed by atoms with Gasteiger partial charge in [0.25, 0.3) is 0 Å². The summed E-state index contributed by atoms with van der Waals surface area (Å²) in [6.07, 6.45) is 38.1. The van der Waals surface area contributed by atoms with E-state index >= 15 is 0 Å². The third-order valence-electron chi connectivity index (χ3n) is 8.71. The predicted octanol–water partition coefficient (Wildman–Crippen LogP) is 12.2. The van der Waals surface area contributed by atoms with E-state index < -0.39 is 0 Å². The van der Waals surface area contributed by atoms with Gasteiger partial charge in [-0.3, -0.25) is 0 Å². The number of hydrogen-bond acceptors (Lipinski definition) is 2. The van der Waals surface area contributed by atoms with Gasteiger partial charge in [0, 0.05) is 61.6 Å². The van der Waals surface area contributed by atoms with Crippen LogP contribution in [0, 0.1) is 0 Å².